The second kappa shape index (κ2) is 6.26. The molecule has 0 spiro atoms. The van der Waals surface area contributed by atoms with E-state index in [9.17, 15) is 9.59 Å². The number of hydrogen-bond acceptors (Lipinski definition) is 2. The minimum absolute atomic E-state index is 0.0782. The molecule has 1 unspecified atom stereocenters. The highest BCUT2D eigenvalue weighted by molar-refractivity contribution is 5.76. The molecule has 0 radical (unpaired) electrons. The number of nitrogens with one attached hydrogen (secondary N) is 1. The fraction of sp³-hybridized carbons (Fsp3) is 0.857. The van der Waals surface area contributed by atoms with Crippen LogP contribution >= 0.6 is 0 Å². The Morgan fingerprint density at radius 2 is 1.84 bits per heavy atom. The van der Waals surface area contributed by atoms with Gasteiger partial charge in [0.25, 0.3) is 0 Å². The van der Waals surface area contributed by atoms with Gasteiger partial charge in [0, 0.05) is 19.1 Å². The summed E-state index contributed by atoms with van der Waals surface area (Å²) < 4.78 is 0. The summed E-state index contributed by atoms with van der Waals surface area (Å²) in [4.78, 5) is 24.8. The normalized spacial score (nSPS) is 31.8. The van der Waals surface area contributed by atoms with Crippen LogP contribution in [0.1, 0.15) is 45.4 Å². The molecule has 0 aromatic rings. The van der Waals surface area contributed by atoms with Crippen molar-refractivity contribution in [3.63, 3.8) is 0 Å². The number of carbonyl (C=O) groups is 2. The van der Waals surface area contributed by atoms with E-state index < -0.39 is 11.9 Å². The molecule has 1 saturated heterocycles. The molecule has 108 valence electrons. The number of carbonyl (C=O) groups excluding carboxylic acids is 1. The van der Waals surface area contributed by atoms with Crippen LogP contribution in [0, 0.1) is 11.8 Å². The van der Waals surface area contributed by atoms with Gasteiger partial charge in [-0.2, -0.15) is 0 Å². The zero-order valence-corrected chi connectivity index (χ0v) is 11.6. The van der Waals surface area contributed by atoms with Crippen LogP contribution < -0.4 is 5.32 Å². The largest absolute Gasteiger partial charge is 0.481 e. The van der Waals surface area contributed by atoms with Gasteiger partial charge in [0.15, 0.2) is 0 Å². The summed E-state index contributed by atoms with van der Waals surface area (Å²) in [6.07, 6.45) is 5.89. The van der Waals surface area contributed by atoms with Gasteiger partial charge in [0.1, 0.15) is 0 Å². The van der Waals surface area contributed by atoms with Crippen molar-refractivity contribution in [2.24, 2.45) is 11.8 Å². The van der Waals surface area contributed by atoms with Gasteiger partial charge in [-0.25, -0.2) is 4.79 Å². The van der Waals surface area contributed by atoms with Gasteiger partial charge in [-0.05, 0) is 44.4 Å². The minimum Gasteiger partial charge on any atom is -0.481 e. The monoisotopic (exact) mass is 268 g/mol. The fourth-order valence-corrected chi connectivity index (χ4v) is 3.03. The third-order valence-corrected chi connectivity index (χ3v) is 4.40. The van der Waals surface area contributed by atoms with E-state index in [4.69, 9.17) is 5.11 Å². The van der Waals surface area contributed by atoms with Crippen LogP contribution in [0.4, 0.5) is 4.79 Å². The molecular weight excluding hydrogens is 244 g/mol. The van der Waals surface area contributed by atoms with Crippen molar-refractivity contribution in [3.8, 4) is 0 Å². The van der Waals surface area contributed by atoms with E-state index in [0.29, 0.717) is 19.5 Å². The number of carboxylic acids is 1. The Labute approximate surface area is 114 Å². The number of nitrogens with zero attached hydrogens (tertiary/aromatic N) is 1. The zero-order valence-electron chi connectivity index (χ0n) is 11.6. The number of hydrogen-bond donors (Lipinski definition) is 2. The van der Waals surface area contributed by atoms with E-state index in [2.05, 4.69) is 12.2 Å². The van der Waals surface area contributed by atoms with Crippen LogP contribution in [-0.2, 0) is 4.79 Å². The van der Waals surface area contributed by atoms with Crippen LogP contribution in [0.15, 0.2) is 0 Å². The van der Waals surface area contributed by atoms with Crippen molar-refractivity contribution < 1.29 is 14.7 Å². The predicted molar refractivity (Wildman–Crippen MR) is 71.9 cm³/mol. The van der Waals surface area contributed by atoms with E-state index >= 15 is 0 Å². The van der Waals surface area contributed by atoms with E-state index in [1.54, 1.807) is 4.90 Å². The molecule has 2 aliphatic rings. The molecule has 1 heterocycles. The molecule has 2 rings (SSSR count). The Bertz CT molecular complexity index is 338. The van der Waals surface area contributed by atoms with Gasteiger partial charge < -0.3 is 15.3 Å². The average molecular weight is 268 g/mol. The van der Waals surface area contributed by atoms with Crippen LogP contribution in [0.25, 0.3) is 0 Å². The maximum Gasteiger partial charge on any atom is 0.317 e. The Morgan fingerprint density at radius 3 is 2.47 bits per heavy atom. The van der Waals surface area contributed by atoms with E-state index in [0.717, 1.165) is 25.2 Å². The molecule has 2 N–H and O–H groups in total. The van der Waals surface area contributed by atoms with Crippen LogP contribution in [0.3, 0.4) is 0 Å². The SMILES string of the molecule is CC1CCC(NC(=O)N2CCCC(C(=O)O)C2)CC1. The summed E-state index contributed by atoms with van der Waals surface area (Å²) in [5.74, 6) is -0.422. The highest BCUT2D eigenvalue weighted by Crippen LogP contribution is 2.24. The lowest BCUT2D eigenvalue weighted by Gasteiger charge is -2.33. The molecular formula is C14H24N2O3. The third kappa shape index (κ3) is 3.85. The summed E-state index contributed by atoms with van der Waals surface area (Å²) in [5.41, 5.74) is 0. The second-order valence-electron chi connectivity index (χ2n) is 6.03. The predicted octanol–water partition coefficient (Wildman–Crippen LogP) is 2.07. The molecule has 1 atom stereocenters. The molecule has 5 nitrogen and oxygen atoms in total. The lowest BCUT2D eigenvalue weighted by atomic mass is 9.87. The average Bonchev–Trinajstić information content (AvgIpc) is 2.41. The summed E-state index contributed by atoms with van der Waals surface area (Å²) in [5, 5.41) is 12.1. The van der Waals surface area contributed by atoms with Crippen molar-refractivity contribution in [2.75, 3.05) is 13.1 Å². The molecule has 2 amide bonds. The molecule has 1 saturated carbocycles. The molecule has 1 aliphatic carbocycles. The summed E-state index contributed by atoms with van der Waals surface area (Å²) in [6, 6.07) is 0.194. The standard InChI is InChI=1S/C14H24N2O3/c1-10-4-6-12(7-5-10)15-14(19)16-8-2-3-11(9-16)13(17)18/h10-12H,2-9H2,1H3,(H,15,19)(H,17,18). The summed E-state index contributed by atoms with van der Waals surface area (Å²) in [6.45, 7) is 3.28. The van der Waals surface area contributed by atoms with Gasteiger partial charge in [-0.1, -0.05) is 6.92 Å². The Balaban J connectivity index is 1.80. The van der Waals surface area contributed by atoms with Gasteiger partial charge in [0.05, 0.1) is 5.92 Å². The lowest BCUT2D eigenvalue weighted by Crippen LogP contribution is -2.50. The van der Waals surface area contributed by atoms with Crippen molar-refractivity contribution in [3.05, 3.63) is 0 Å². The Kier molecular flexibility index (Phi) is 4.66. The molecule has 5 heteroatoms. The fourth-order valence-electron chi connectivity index (χ4n) is 3.03. The molecule has 2 fully saturated rings. The highest BCUT2D eigenvalue weighted by Gasteiger charge is 2.29. The molecule has 0 aromatic carbocycles. The maximum absolute atomic E-state index is 12.1. The van der Waals surface area contributed by atoms with E-state index in [-0.39, 0.29) is 12.1 Å². The zero-order chi connectivity index (χ0) is 13.8. The van der Waals surface area contributed by atoms with Gasteiger partial charge in [0.2, 0.25) is 0 Å². The van der Waals surface area contributed by atoms with Crippen LogP contribution in [-0.4, -0.2) is 41.1 Å². The highest BCUT2D eigenvalue weighted by atomic mass is 16.4. The number of rotatable bonds is 2. The first-order valence-corrected chi connectivity index (χ1v) is 7.34. The van der Waals surface area contributed by atoms with Crippen molar-refractivity contribution >= 4 is 12.0 Å². The quantitative estimate of drug-likeness (QED) is 0.805. The number of likely N-dealkylation sites (tertiary alicyclic amines) is 1. The molecule has 19 heavy (non-hydrogen) atoms. The maximum atomic E-state index is 12.1. The molecule has 1 aliphatic heterocycles. The number of amides is 2. The first-order chi connectivity index (χ1) is 9.06. The summed E-state index contributed by atoms with van der Waals surface area (Å²) in [7, 11) is 0. The van der Waals surface area contributed by atoms with Gasteiger partial charge in [-0.3, -0.25) is 4.79 Å². The Hall–Kier alpha value is -1.26. The van der Waals surface area contributed by atoms with Gasteiger partial charge in [-0.15, -0.1) is 0 Å². The van der Waals surface area contributed by atoms with Crippen molar-refractivity contribution in [1.29, 1.82) is 0 Å². The van der Waals surface area contributed by atoms with Crippen molar-refractivity contribution in [2.45, 2.75) is 51.5 Å². The third-order valence-electron chi connectivity index (χ3n) is 4.40. The van der Waals surface area contributed by atoms with E-state index in [1.165, 1.54) is 12.8 Å². The van der Waals surface area contributed by atoms with Crippen molar-refractivity contribution in [1.82, 2.24) is 10.2 Å². The number of piperidine rings is 1. The molecule has 0 bridgehead atoms. The van der Waals surface area contributed by atoms with Crippen LogP contribution in [0.5, 0.6) is 0 Å². The molecule has 0 aromatic heterocycles. The second-order valence-corrected chi connectivity index (χ2v) is 6.03. The smallest absolute Gasteiger partial charge is 0.317 e. The lowest BCUT2D eigenvalue weighted by molar-refractivity contribution is -0.143. The number of urea groups is 1. The first kappa shape index (κ1) is 14.2. The minimum atomic E-state index is -0.788. The summed E-state index contributed by atoms with van der Waals surface area (Å²) >= 11 is 0. The topological polar surface area (TPSA) is 69.6 Å². The van der Waals surface area contributed by atoms with Gasteiger partial charge >= 0.3 is 12.0 Å². The number of carboxylic acid groups (broad SMARTS) is 1. The number of aliphatic carboxylic acids is 1. The van der Waals surface area contributed by atoms with Crippen LogP contribution in [0.2, 0.25) is 0 Å². The van der Waals surface area contributed by atoms with E-state index in [1.807, 2.05) is 0 Å². The first-order valence-electron chi connectivity index (χ1n) is 7.34. The Morgan fingerprint density at radius 1 is 1.16 bits per heavy atom.